The summed E-state index contributed by atoms with van der Waals surface area (Å²) in [5, 5.41) is 0. The molecule has 0 saturated heterocycles. The van der Waals surface area contributed by atoms with Gasteiger partial charge in [0.1, 0.15) is 17.4 Å². The second kappa shape index (κ2) is 5.46. The molecule has 0 bridgehead atoms. The Morgan fingerprint density at radius 2 is 2.15 bits per heavy atom. The van der Waals surface area contributed by atoms with Gasteiger partial charge in [-0.1, -0.05) is 12.1 Å². The number of methoxy groups -OCH3 is 1. The summed E-state index contributed by atoms with van der Waals surface area (Å²) in [5.41, 5.74) is 4.84. The van der Waals surface area contributed by atoms with Crippen LogP contribution in [0.25, 0.3) is 0 Å². The minimum atomic E-state index is 0.578. The van der Waals surface area contributed by atoms with Crippen molar-refractivity contribution >= 4 is 5.82 Å². The molecule has 1 saturated carbocycles. The molecule has 1 aromatic heterocycles. The van der Waals surface area contributed by atoms with Gasteiger partial charge in [-0.15, -0.1) is 0 Å². The molecule has 1 aliphatic carbocycles. The lowest BCUT2D eigenvalue weighted by Crippen LogP contribution is -2.11. The topological polar surface area (TPSA) is 73.1 Å². The van der Waals surface area contributed by atoms with Crippen LogP contribution in [0.4, 0.5) is 5.82 Å². The molecule has 1 aliphatic rings. The lowest BCUT2D eigenvalue weighted by molar-refractivity contribution is 0.414. The maximum atomic E-state index is 5.49. The van der Waals surface area contributed by atoms with Crippen LogP contribution in [-0.4, -0.2) is 17.1 Å². The van der Waals surface area contributed by atoms with Crippen molar-refractivity contribution in [2.24, 2.45) is 5.84 Å². The van der Waals surface area contributed by atoms with E-state index in [9.17, 15) is 0 Å². The number of hydrogen-bond donors (Lipinski definition) is 2. The maximum absolute atomic E-state index is 5.49. The Morgan fingerprint density at radius 1 is 1.30 bits per heavy atom. The third-order valence-electron chi connectivity index (χ3n) is 3.43. The van der Waals surface area contributed by atoms with E-state index >= 15 is 0 Å². The molecule has 0 unspecified atom stereocenters. The first-order valence-corrected chi connectivity index (χ1v) is 6.76. The fourth-order valence-corrected chi connectivity index (χ4v) is 2.22. The predicted molar refractivity (Wildman–Crippen MR) is 77.6 cm³/mol. The molecule has 0 radical (unpaired) electrons. The summed E-state index contributed by atoms with van der Waals surface area (Å²) in [6.07, 6.45) is 3.09. The number of ether oxygens (including phenoxy) is 1. The van der Waals surface area contributed by atoms with Crippen LogP contribution in [0.2, 0.25) is 0 Å². The summed E-state index contributed by atoms with van der Waals surface area (Å²) in [6.45, 7) is 0. The Kier molecular flexibility index (Phi) is 3.52. The van der Waals surface area contributed by atoms with Crippen molar-refractivity contribution in [1.29, 1.82) is 0 Å². The maximum Gasteiger partial charge on any atom is 0.143 e. The summed E-state index contributed by atoms with van der Waals surface area (Å²) in [7, 11) is 1.67. The number of nitrogens with two attached hydrogens (primary N) is 1. The normalized spacial score (nSPS) is 14.1. The molecule has 5 heteroatoms. The Bertz CT molecular complexity index is 611. The molecule has 1 fully saturated rings. The van der Waals surface area contributed by atoms with Gasteiger partial charge >= 0.3 is 0 Å². The second-order valence-corrected chi connectivity index (χ2v) is 5.04. The highest BCUT2D eigenvalue weighted by Gasteiger charge is 2.26. The monoisotopic (exact) mass is 270 g/mol. The number of anilines is 1. The summed E-state index contributed by atoms with van der Waals surface area (Å²) < 4.78 is 5.24. The van der Waals surface area contributed by atoms with E-state index in [0.29, 0.717) is 18.2 Å². The molecule has 3 N–H and O–H groups in total. The van der Waals surface area contributed by atoms with Crippen molar-refractivity contribution in [3.05, 3.63) is 47.4 Å². The SMILES string of the molecule is COc1cccc(Cc2nc(NN)cc(C3CC3)n2)c1. The Balaban J connectivity index is 1.86. The molecular weight excluding hydrogens is 252 g/mol. The minimum absolute atomic E-state index is 0.578. The lowest BCUT2D eigenvalue weighted by Gasteiger charge is -2.08. The number of aromatic nitrogens is 2. The molecule has 5 nitrogen and oxygen atoms in total. The first kappa shape index (κ1) is 12.9. The van der Waals surface area contributed by atoms with Crippen molar-refractivity contribution in [3.63, 3.8) is 0 Å². The number of hydrogen-bond acceptors (Lipinski definition) is 5. The molecule has 3 rings (SSSR count). The largest absolute Gasteiger partial charge is 0.497 e. The van der Waals surface area contributed by atoms with Crippen LogP contribution in [0.1, 0.15) is 35.8 Å². The van der Waals surface area contributed by atoms with Crippen LogP contribution in [-0.2, 0) is 6.42 Å². The summed E-state index contributed by atoms with van der Waals surface area (Å²) in [5.74, 6) is 8.38. The molecule has 1 heterocycles. The fourth-order valence-electron chi connectivity index (χ4n) is 2.22. The third kappa shape index (κ3) is 2.88. The van der Waals surface area contributed by atoms with E-state index in [1.807, 2.05) is 30.3 Å². The van der Waals surface area contributed by atoms with Crippen LogP contribution in [0.15, 0.2) is 30.3 Å². The molecule has 1 aromatic carbocycles. The number of hydrazine groups is 1. The number of nitrogens with zero attached hydrogens (tertiary/aromatic N) is 2. The smallest absolute Gasteiger partial charge is 0.143 e. The van der Waals surface area contributed by atoms with E-state index in [1.165, 1.54) is 12.8 Å². The quantitative estimate of drug-likeness (QED) is 0.644. The Labute approximate surface area is 118 Å². The summed E-state index contributed by atoms with van der Waals surface area (Å²) in [6, 6.07) is 9.89. The first-order chi connectivity index (χ1) is 9.78. The molecular formula is C15H18N4O. The summed E-state index contributed by atoms with van der Waals surface area (Å²) in [4.78, 5) is 9.07. The zero-order chi connectivity index (χ0) is 13.9. The highest BCUT2D eigenvalue weighted by Crippen LogP contribution is 2.39. The molecule has 2 aromatic rings. The van der Waals surface area contributed by atoms with Gasteiger partial charge in [-0.3, -0.25) is 0 Å². The van der Waals surface area contributed by atoms with Gasteiger partial charge in [0.15, 0.2) is 0 Å². The second-order valence-electron chi connectivity index (χ2n) is 5.04. The van der Waals surface area contributed by atoms with Gasteiger partial charge in [-0.2, -0.15) is 0 Å². The van der Waals surface area contributed by atoms with Gasteiger partial charge in [-0.05, 0) is 30.5 Å². The van der Waals surface area contributed by atoms with E-state index in [2.05, 4.69) is 15.4 Å². The number of nitrogens with one attached hydrogen (secondary N) is 1. The van der Waals surface area contributed by atoms with E-state index in [-0.39, 0.29) is 0 Å². The van der Waals surface area contributed by atoms with Gasteiger partial charge in [-0.25, -0.2) is 15.8 Å². The van der Waals surface area contributed by atoms with E-state index in [0.717, 1.165) is 22.8 Å². The van der Waals surface area contributed by atoms with Crippen LogP contribution in [0.5, 0.6) is 5.75 Å². The number of benzene rings is 1. The average molecular weight is 270 g/mol. The average Bonchev–Trinajstić information content (AvgIpc) is 3.31. The van der Waals surface area contributed by atoms with Gasteiger partial charge < -0.3 is 10.2 Å². The Morgan fingerprint density at radius 3 is 2.85 bits per heavy atom. The van der Waals surface area contributed by atoms with Crippen molar-refractivity contribution in [3.8, 4) is 5.75 Å². The van der Waals surface area contributed by atoms with Crippen molar-refractivity contribution in [2.45, 2.75) is 25.2 Å². The van der Waals surface area contributed by atoms with Crippen LogP contribution in [0, 0.1) is 0 Å². The standard InChI is InChI=1S/C15H18N4O/c1-20-12-4-2-3-10(7-12)8-14-17-13(11-5-6-11)9-15(18-14)19-16/h2-4,7,9,11H,5-6,8,16H2,1H3,(H,17,18,19). The number of nitrogen functional groups attached to an aromatic ring is 1. The molecule has 0 amide bonds. The highest BCUT2D eigenvalue weighted by atomic mass is 16.5. The Hall–Kier alpha value is -2.14. The van der Waals surface area contributed by atoms with Gasteiger partial charge in [0.05, 0.1) is 7.11 Å². The van der Waals surface area contributed by atoms with Gasteiger partial charge in [0.25, 0.3) is 0 Å². The third-order valence-corrected chi connectivity index (χ3v) is 3.43. The molecule has 0 atom stereocenters. The van der Waals surface area contributed by atoms with Crippen molar-refractivity contribution in [2.75, 3.05) is 12.5 Å². The minimum Gasteiger partial charge on any atom is -0.497 e. The van der Waals surface area contributed by atoms with Gasteiger partial charge in [0.2, 0.25) is 0 Å². The molecule has 104 valence electrons. The molecule has 20 heavy (non-hydrogen) atoms. The van der Waals surface area contributed by atoms with E-state index < -0.39 is 0 Å². The number of rotatable bonds is 5. The van der Waals surface area contributed by atoms with E-state index in [4.69, 9.17) is 10.6 Å². The lowest BCUT2D eigenvalue weighted by atomic mass is 10.1. The predicted octanol–water partition coefficient (Wildman–Crippen LogP) is 2.24. The zero-order valence-corrected chi connectivity index (χ0v) is 11.5. The molecule has 0 aliphatic heterocycles. The van der Waals surface area contributed by atoms with Gasteiger partial charge in [0, 0.05) is 24.1 Å². The van der Waals surface area contributed by atoms with Crippen LogP contribution < -0.4 is 16.0 Å². The van der Waals surface area contributed by atoms with Crippen molar-refractivity contribution in [1.82, 2.24) is 9.97 Å². The summed E-state index contributed by atoms with van der Waals surface area (Å²) >= 11 is 0. The molecule has 0 spiro atoms. The van der Waals surface area contributed by atoms with E-state index in [1.54, 1.807) is 7.11 Å². The first-order valence-electron chi connectivity index (χ1n) is 6.76. The van der Waals surface area contributed by atoms with Crippen molar-refractivity contribution < 1.29 is 4.74 Å². The van der Waals surface area contributed by atoms with Crippen LogP contribution in [0.3, 0.4) is 0 Å². The van der Waals surface area contributed by atoms with Crippen LogP contribution >= 0.6 is 0 Å². The highest BCUT2D eigenvalue weighted by molar-refractivity contribution is 5.38. The fraction of sp³-hybridized carbons (Fsp3) is 0.333. The zero-order valence-electron chi connectivity index (χ0n) is 11.5.